The molecule has 2 aromatic carbocycles. The number of ether oxygens (including phenoxy) is 2. The van der Waals surface area contributed by atoms with Gasteiger partial charge >= 0.3 is 11.9 Å². The normalized spacial score (nSPS) is 10.0. The molecule has 0 saturated carbocycles. The van der Waals surface area contributed by atoms with Crippen LogP contribution in [0.25, 0.3) is 0 Å². The Bertz CT molecular complexity index is 830. The molecule has 0 radical (unpaired) electrons. The van der Waals surface area contributed by atoms with Crippen LogP contribution in [0, 0.1) is 0 Å². The minimum absolute atomic E-state index is 0.0385. The molecule has 28 heavy (non-hydrogen) atoms. The number of amides is 1. The maximum Gasteiger partial charge on any atom is 0.337 e. The van der Waals surface area contributed by atoms with Crippen molar-refractivity contribution in [1.82, 2.24) is 0 Å². The first-order valence-electron chi connectivity index (χ1n) is 8.71. The van der Waals surface area contributed by atoms with Crippen molar-refractivity contribution < 1.29 is 28.7 Å². The van der Waals surface area contributed by atoms with Crippen LogP contribution in [-0.2, 0) is 19.1 Å². The minimum Gasteiger partial charge on any atom is -0.465 e. The Morgan fingerprint density at radius 1 is 0.857 bits per heavy atom. The van der Waals surface area contributed by atoms with E-state index in [1.54, 1.807) is 54.6 Å². The summed E-state index contributed by atoms with van der Waals surface area (Å²) in [5.74, 6) is -1.53. The lowest BCUT2D eigenvalue weighted by molar-refractivity contribution is -0.142. The van der Waals surface area contributed by atoms with Gasteiger partial charge in [-0.05, 0) is 30.7 Å². The highest BCUT2D eigenvalue weighted by Crippen LogP contribution is 2.11. The number of carbonyl (C=O) groups excluding carboxylic acids is 4. The quantitative estimate of drug-likeness (QED) is 0.528. The van der Waals surface area contributed by atoms with E-state index in [1.165, 1.54) is 7.11 Å². The Balaban J connectivity index is 1.66. The van der Waals surface area contributed by atoms with Crippen molar-refractivity contribution in [1.29, 1.82) is 0 Å². The highest BCUT2D eigenvalue weighted by atomic mass is 16.5. The fourth-order valence-electron chi connectivity index (χ4n) is 2.35. The second-order valence-corrected chi connectivity index (χ2v) is 5.92. The van der Waals surface area contributed by atoms with Gasteiger partial charge in [0.1, 0.15) is 0 Å². The Labute approximate surface area is 162 Å². The fourth-order valence-corrected chi connectivity index (χ4v) is 2.35. The Hall–Kier alpha value is -3.48. The maximum atomic E-state index is 11.9. The minimum atomic E-state index is -0.528. The first-order chi connectivity index (χ1) is 13.5. The van der Waals surface area contributed by atoms with Crippen molar-refractivity contribution in [3.63, 3.8) is 0 Å². The molecule has 146 valence electrons. The monoisotopic (exact) mass is 383 g/mol. The molecule has 2 rings (SSSR count). The van der Waals surface area contributed by atoms with Gasteiger partial charge < -0.3 is 14.8 Å². The number of benzene rings is 2. The van der Waals surface area contributed by atoms with Gasteiger partial charge in [-0.15, -0.1) is 0 Å². The highest BCUT2D eigenvalue weighted by Gasteiger charge is 2.11. The number of nitrogens with one attached hydrogen (secondary N) is 1. The molecule has 0 spiro atoms. The Kier molecular flexibility index (Phi) is 7.90. The standard InChI is InChI=1S/C21H21NO6/c1-27-21(26)16-10-12-17(13-11-16)22-19(24)8-5-9-20(25)28-14-18(23)15-6-3-2-4-7-15/h2-4,6-7,10-13H,5,8-9,14H2,1H3,(H,22,24). The van der Waals surface area contributed by atoms with Crippen molar-refractivity contribution in [2.45, 2.75) is 19.3 Å². The highest BCUT2D eigenvalue weighted by molar-refractivity contribution is 5.98. The molecular weight excluding hydrogens is 362 g/mol. The molecule has 0 aliphatic rings. The van der Waals surface area contributed by atoms with Gasteiger partial charge in [0.05, 0.1) is 12.7 Å². The van der Waals surface area contributed by atoms with Gasteiger partial charge in [0, 0.05) is 24.1 Å². The molecule has 0 aliphatic carbocycles. The topological polar surface area (TPSA) is 98.8 Å². The van der Waals surface area contributed by atoms with Crippen LogP contribution in [-0.4, -0.2) is 37.3 Å². The first-order valence-corrected chi connectivity index (χ1v) is 8.71. The molecule has 0 fully saturated rings. The van der Waals surface area contributed by atoms with Gasteiger partial charge in [-0.1, -0.05) is 30.3 Å². The van der Waals surface area contributed by atoms with Gasteiger partial charge in [0.2, 0.25) is 5.91 Å². The van der Waals surface area contributed by atoms with Crippen LogP contribution in [0.3, 0.4) is 0 Å². The van der Waals surface area contributed by atoms with E-state index in [4.69, 9.17) is 4.74 Å². The van der Waals surface area contributed by atoms with Gasteiger partial charge in [-0.25, -0.2) is 4.79 Å². The smallest absolute Gasteiger partial charge is 0.337 e. The van der Waals surface area contributed by atoms with E-state index in [-0.39, 0.29) is 31.1 Å². The third-order valence-corrected chi connectivity index (χ3v) is 3.83. The second-order valence-electron chi connectivity index (χ2n) is 5.92. The van der Waals surface area contributed by atoms with Crippen LogP contribution in [0.5, 0.6) is 0 Å². The largest absolute Gasteiger partial charge is 0.465 e. The number of ketones is 1. The van der Waals surface area contributed by atoms with E-state index < -0.39 is 11.9 Å². The summed E-state index contributed by atoms with van der Waals surface area (Å²) >= 11 is 0. The van der Waals surface area contributed by atoms with Crippen molar-refractivity contribution in [3.05, 3.63) is 65.7 Å². The predicted molar refractivity (Wildman–Crippen MR) is 102 cm³/mol. The number of hydrogen-bond donors (Lipinski definition) is 1. The molecular formula is C21H21NO6. The third kappa shape index (κ3) is 6.68. The van der Waals surface area contributed by atoms with E-state index in [9.17, 15) is 19.2 Å². The molecule has 0 bridgehead atoms. The van der Waals surface area contributed by atoms with E-state index in [2.05, 4.69) is 10.1 Å². The van der Waals surface area contributed by atoms with E-state index in [0.29, 0.717) is 23.2 Å². The lowest BCUT2D eigenvalue weighted by Gasteiger charge is -2.07. The lowest BCUT2D eigenvalue weighted by atomic mass is 10.1. The molecule has 2 aromatic rings. The number of esters is 2. The zero-order chi connectivity index (χ0) is 20.4. The van der Waals surface area contributed by atoms with E-state index in [1.807, 2.05) is 0 Å². The summed E-state index contributed by atoms with van der Waals surface area (Å²) in [6, 6.07) is 14.8. The van der Waals surface area contributed by atoms with Crippen LogP contribution in [0.15, 0.2) is 54.6 Å². The summed E-state index contributed by atoms with van der Waals surface area (Å²) in [5, 5.41) is 2.67. The molecule has 0 heterocycles. The average Bonchev–Trinajstić information content (AvgIpc) is 2.72. The van der Waals surface area contributed by atoms with Crippen LogP contribution in [0.2, 0.25) is 0 Å². The number of anilines is 1. The summed E-state index contributed by atoms with van der Waals surface area (Å²) < 4.78 is 9.54. The molecule has 7 nitrogen and oxygen atoms in total. The van der Waals surface area contributed by atoms with Crippen LogP contribution < -0.4 is 5.32 Å². The van der Waals surface area contributed by atoms with Gasteiger partial charge in [0.15, 0.2) is 12.4 Å². The zero-order valence-corrected chi connectivity index (χ0v) is 15.5. The van der Waals surface area contributed by atoms with Crippen molar-refractivity contribution in [3.8, 4) is 0 Å². The van der Waals surface area contributed by atoms with Crippen LogP contribution in [0.4, 0.5) is 5.69 Å². The van der Waals surface area contributed by atoms with Crippen LogP contribution in [0.1, 0.15) is 40.0 Å². The molecule has 0 atom stereocenters. The Morgan fingerprint density at radius 2 is 1.54 bits per heavy atom. The summed E-state index contributed by atoms with van der Waals surface area (Å²) in [7, 11) is 1.29. The van der Waals surface area contributed by atoms with E-state index >= 15 is 0 Å². The second kappa shape index (κ2) is 10.6. The molecule has 1 amide bonds. The molecule has 7 heteroatoms. The SMILES string of the molecule is COC(=O)c1ccc(NC(=O)CCCC(=O)OCC(=O)c2ccccc2)cc1. The molecule has 0 aliphatic heterocycles. The van der Waals surface area contributed by atoms with Gasteiger partial charge in [-0.2, -0.15) is 0 Å². The van der Waals surface area contributed by atoms with Crippen LogP contribution >= 0.6 is 0 Å². The number of carbonyl (C=O) groups is 4. The summed E-state index contributed by atoms with van der Waals surface area (Å²) in [6.07, 6.45) is 0.460. The van der Waals surface area contributed by atoms with Crippen molar-refractivity contribution in [2.24, 2.45) is 0 Å². The number of Topliss-reactive ketones (excluding diaryl/α,β-unsaturated/α-hetero) is 1. The maximum absolute atomic E-state index is 11.9. The zero-order valence-electron chi connectivity index (χ0n) is 15.5. The average molecular weight is 383 g/mol. The first kappa shape index (κ1) is 20.8. The fraction of sp³-hybridized carbons (Fsp3) is 0.238. The Morgan fingerprint density at radius 3 is 2.18 bits per heavy atom. The number of hydrogen-bond acceptors (Lipinski definition) is 6. The molecule has 0 saturated heterocycles. The number of rotatable bonds is 9. The number of methoxy groups -OCH3 is 1. The van der Waals surface area contributed by atoms with Gasteiger partial charge in [0.25, 0.3) is 0 Å². The van der Waals surface area contributed by atoms with Gasteiger partial charge in [-0.3, -0.25) is 14.4 Å². The third-order valence-electron chi connectivity index (χ3n) is 3.83. The summed E-state index contributed by atoms with van der Waals surface area (Å²) in [5.41, 5.74) is 1.40. The predicted octanol–water partition coefficient (Wildman–Crippen LogP) is 3.01. The molecule has 0 aromatic heterocycles. The summed E-state index contributed by atoms with van der Waals surface area (Å²) in [6.45, 7) is -0.318. The lowest BCUT2D eigenvalue weighted by Crippen LogP contribution is -2.15. The van der Waals surface area contributed by atoms with Crippen molar-refractivity contribution >= 4 is 29.3 Å². The van der Waals surface area contributed by atoms with Crippen molar-refractivity contribution in [2.75, 3.05) is 19.0 Å². The van der Waals surface area contributed by atoms with E-state index in [0.717, 1.165) is 0 Å². The summed E-state index contributed by atoms with van der Waals surface area (Å²) in [4.78, 5) is 46.8. The molecule has 0 unspecified atom stereocenters. The molecule has 1 N–H and O–H groups in total.